The van der Waals surface area contributed by atoms with Crippen LogP contribution < -0.4 is 14.4 Å². The summed E-state index contributed by atoms with van der Waals surface area (Å²) in [7, 11) is 3.00. The molecular weight excluding hydrogens is 470 g/mol. The zero-order valence-electron chi connectivity index (χ0n) is 21.5. The molecular formula is C29H31N3O5. The second-order valence-electron chi connectivity index (χ2n) is 8.62. The summed E-state index contributed by atoms with van der Waals surface area (Å²) in [4.78, 5) is 34.5. The fourth-order valence-corrected chi connectivity index (χ4v) is 4.67. The van der Waals surface area contributed by atoms with Gasteiger partial charge in [0.25, 0.3) is 11.7 Å². The Kier molecular flexibility index (Phi) is 7.77. The molecule has 37 heavy (non-hydrogen) atoms. The second-order valence-corrected chi connectivity index (χ2v) is 8.62. The van der Waals surface area contributed by atoms with Crippen LogP contribution in [-0.2, 0) is 16.1 Å². The molecule has 3 aromatic rings. The Bertz CT molecular complexity index is 1300. The van der Waals surface area contributed by atoms with E-state index in [1.165, 1.54) is 19.1 Å². The van der Waals surface area contributed by atoms with Gasteiger partial charge in [0.2, 0.25) is 0 Å². The van der Waals surface area contributed by atoms with E-state index < -0.39 is 17.7 Å². The molecule has 0 radical (unpaired) electrons. The lowest BCUT2D eigenvalue weighted by atomic mass is 9.94. The zero-order valence-corrected chi connectivity index (χ0v) is 21.5. The van der Waals surface area contributed by atoms with E-state index in [-0.39, 0.29) is 17.9 Å². The molecule has 1 aliphatic rings. The van der Waals surface area contributed by atoms with Gasteiger partial charge in [0.05, 0.1) is 31.4 Å². The van der Waals surface area contributed by atoms with E-state index in [1.807, 2.05) is 30.3 Å². The molecule has 1 atom stereocenters. The van der Waals surface area contributed by atoms with Gasteiger partial charge >= 0.3 is 0 Å². The third kappa shape index (κ3) is 5.00. The number of methoxy groups -OCH3 is 2. The van der Waals surface area contributed by atoms with Gasteiger partial charge in [-0.3, -0.25) is 14.6 Å². The maximum Gasteiger partial charge on any atom is 0.295 e. The molecule has 0 aliphatic carbocycles. The van der Waals surface area contributed by atoms with E-state index in [2.05, 4.69) is 23.7 Å². The summed E-state index contributed by atoms with van der Waals surface area (Å²) in [5, 5.41) is 11.5. The van der Waals surface area contributed by atoms with Crippen LogP contribution in [0.2, 0.25) is 0 Å². The third-order valence-corrected chi connectivity index (χ3v) is 6.62. The molecule has 1 aliphatic heterocycles. The number of hydrogen-bond acceptors (Lipinski definition) is 7. The first-order chi connectivity index (χ1) is 17.9. The van der Waals surface area contributed by atoms with Gasteiger partial charge in [0.15, 0.2) is 0 Å². The van der Waals surface area contributed by atoms with Crippen LogP contribution in [0.1, 0.15) is 36.6 Å². The standard InChI is InChI=1S/C29H31N3O5/c1-5-31(6-2)21-11-9-20(10-12-21)26-25(27(33)23-14-13-22(36-3)16-24(23)37-4)28(34)29(35)32(26)18-19-8-7-15-30-17-19/h7-17,26,33H,5-6,18H2,1-4H3/b27-25-. The molecule has 8 nitrogen and oxygen atoms in total. The van der Waals surface area contributed by atoms with Crippen molar-refractivity contribution in [3.63, 3.8) is 0 Å². The molecule has 0 saturated carbocycles. The normalized spacial score (nSPS) is 16.6. The summed E-state index contributed by atoms with van der Waals surface area (Å²) in [6, 6.07) is 15.5. The lowest BCUT2D eigenvalue weighted by molar-refractivity contribution is -0.140. The van der Waals surface area contributed by atoms with Gasteiger partial charge in [-0.1, -0.05) is 18.2 Å². The number of aliphatic hydroxyl groups is 1. The first-order valence-corrected chi connectivity index (χ1v) is 12.2. The third-order valence-electron chi connectivity index (χ3n) is 6.62. The van der Waals surface area contributed by atoms with E-state index in [0.717, 1.165) is 24.3 Å². The monoisotopic (exact) mass is 501 g/mol. The van der Waals surface area contributed by atoms with Crippen molar-refractivity contribution in [2.45, 2.75) is 26.4 Å². The predicted molar refractivity (Wildman–Crippen MR) is 142 cm³/mol. The number of anilines is 1. The number of carbonyl (C=O) groups is 2. The Morgan fingerprint density at radius 1 is 1.03 bits per heavy atom. The summed E-state index contributed by atoms with van der Waals surface area (Å²) in [5.74, 6) is -0.878. The highest BCUT2D eigenvalue weighted by Crippen LogP contribution is 2.42. The Morgan fingerprint density at radius 2 is 1.76 bits per heavy atom. The minimum Gasteiger partial charge on any atom is -0.507 e. The number of benzene rings is 2. The van der Waals surface area contributed by atoms with Crippen LogP contribution in [0.15, 0.2) is 72.6 Å². The van der Waals surface area contributed by atoms with Crippen LogP contribution in [0.5, 0.6) is 11.5 Å². The lowest BCUT2D eigenvalue weighted by Gasteiger charge is -2.27. The van der Waals surface area contributed by atoms with Gasteiger partial charge in [-0.15, -0.1) is 0 Å². The molecule has 1 unspecified atom stereocenters. The number of aliphatic hydroxyl groups excluding tert-OH is 1. The van der Waals surface area contributed by atoms with Crippen LogP contribution in [0.3, 0.4) is 0 Å². The van der Waals surface area contributed by atoms with E-state index in [4.69, 9.17) is 9.47 Å². The molecule has 1 fully saturated rings. The number of hydrogen-bond donors (Lipinski definition) is 1. The Hall–Kier alpha value is -4.33. The van der Waals surface area contributed by atoms with Crippen LogP contribution in [0, 0.1) is 0 Å². The number of aromatic nitrogens is 1. The van der Waals surface area contributed by atoms with Gasteiger partial charge in [-0.05, 0) is 55.3 Å². The fraction of sp³-hybridized carbons (Fsp3) is 0.276. The highest BCUT2D eigenvalue weighted by molar-refractivity contribution is 6.46. The number of ketones is 1. The number of carbonyl (C=O) groups excluding carboxylic acids is 2. The average Bonchev–Trinajstić information content (AvgIpc) is 3.18. The van der Waals surface area contributed by atoms with Crippen molar-refractivity contribution in [2.75, 3.05) is 32.2 Å². The maximum atomic E-state index is 13.4. The summed E-state index contributed by atoms with van der Waals surface area (Å²) >= 11 is 0. The summed E-state index contributed by atoms with van der Waals surface area (Å²) in [6.07, 6.45) is 3.31. The highest BCUT2D eigenvalue weighted by Gasteiger charge is 2.46. The van der Waals surface area contributed by atoms with E-state index in [9.17, 15) is 14.7 Å². The van der Waals surface area contributed by atoms with Gasteiger partial charge in [0.1, 0.15) is 17.3 Å². The number of pyridine rings is 1. The van der Waals surface area contributed by atoms with Crippen LogP contribution in [0.4, 0.5) is 5.69 Å². The number of ether oxygens (including phenoxy) is 2. The van der Waals surface area contributed by atoms with Crippen molar-refractivity contribution in [3.8, 4) is 11.5 Å². The van der Waals surface area contributed by atoms with Crippen molar-refractivity contribution in [1.82, 2.24) is 9.88 Å². The molecule has 0 bridgehead atoms. The second kappa shape index (κ2) is 11.2. The number of likely N-dealkylation sites (tertiary alicyclic amines) is 1. The number of amides is 1. The first kappa shape index (κ1) is 25.8. The van der Waals surface area contributed by atoms with Crippen molar-refractivity contribution < 1.29 is 24.2 Å². The van der Waals surface area contributed by atoms with Crippen molar-refractivity contribution in [3.05, 3.63) is 89.3 Å². The van der Waals surface area contributed by atoms with Crippen LogP contribution in [0.25, 0.3) is 5.76 Å². The molecule has 2 aromatic carbocycles. The van der Waals surface area contributed by atoms with Crippen molar-refractivity contribution in [1.29, 1.82) is 0 Å². The van der Waals surface area contributed by atoms with E-state index >= 15 is 0 Å². The van der Waals surface area contributed by atoms with Crippen LogP contribution in [-0.4, -0.2) is 54.0 Å². The SMILES string of the molecule is CCN(CC)c1ccc(C2/C(=C(/O)c3ccc(OC)cc3OC)C(=O)C(=O)N2Cc2cccnc2)cc1. The first-order valence-electron chi connectivity index (χ1n) is 12.2. The smallest absolute Gasteiger partial charge is 0.295 e. The molecule has 1 aromatic heterocycles. The summed E-state index contributed by atoms with van der Waals surface area (Å²) in [5.41, 5.74) is 2.83. The molecule has 192 valence electrons. The largest absolute Gasteiger partial charge is 0.507 e. The van der Waals surface area contributed by atoms with Gasteiger partial charge in [0, 0.05) is 43.8 Å². The van der Waals surface area contributed by atoms with Gasteiger partial charge < -0.3 is 24.4 Å². The average molecular weight is 502 g/mol. The Morgan fingerprint density at radius 3 is 2.35 bits per heavy atom. The number of Topliss-reactive ketones (excluding diaryl/α,β-unsaturated/α-hetero) is 1. The van der Waals surface area contributed by atoms with Crippen molar-refractivity contribution in [2.24, 2.45) is 0 Å². The molecule has 1 amide bonds. The number of rotatable bonds is 9. The van der Waals surface area contributed by atoms with E-state index in [0.29, 0.717) is 22.6 Å². The zero-order chi connectivity index (χ0) is 26.5. The van der Waals surface area contributed by atoms with Gasteiger partial charge in [-0.25, -0.2) is 0 Å². The summed E-state index contributed by atoms with van der Waals surface area (Å²) in [6.45, 7) is 6.04. The Labute approximate surface area is 216 Å². The Balaban J connectivity index is 1.86. The quantitative estimate of drug-likeness (QED) is 0.261. The minimum atomic E-state index is -0.794. The molecule has 8 heteroatoms. The predicted octanol–water partition coefficient (Wildman–Crippen LogP) is 4.57. The van der Waals surface area contributed by atoms with E-state index in [1.54, 1.807) is 36.7 Å². The fourth-order valence-electron chi connectivity index (χ4n) is 4.67. The number of nitrogens with zero attached hydrogens (tertiary/aromatic N) is 3. The molecule has 1 saturated heterocycles. The van der Waals surface area contributed by atoms with Crippen molar-refractivity contribution >= 4 is 23.1 Å². The molecule has 1 N–H and O–H groups in total. The summed E-state index contributed by atoms with van der Waals surface area (Å²) < 4.78 is 10.7. The lowest BCUT2D eigenvalue weighted by Crippen LogP contribution is -2.29. The highest BCUT2D eigenvalue weighted by atomic mass is 16.5. The molecule has 2 heterocycles. The maximum absolute atomic E-state index is 13.4. The minimum absolute atomic E-state index is 0.00736. The molecule has 0 spiro atoms. The topological polar surface area (TPSA) is 92.2 Å². The van der Waals surface area contributed by atoms with Crippen LogP contribution >= 0.6 is 0 Å². The van der Waals surface area contributed by atoms with Gasteiger partial charge in [-0.2, -0.15) is 0 Å². The molecule has 4 rings (SSSR count).